The largest absolute Gasteiger partial charge is 0.454 e. The minimum absolute atomic E-state index is 0.198. The third-order valence-electron chi connectivity index (χ3n) is 5.96. The predicted octanol–water partition coefficient (Wildman–Crippen LogP) is 4.01. The standard InChI is InChI=1S/C24H28N2O4/c27-22(20-8-6-19(7-9-20)18-4-2-1-3-5-18)17-30-24(28)21-10-11-23(25-16-21)26-12-14-29-15-13-26/h6-11,16,18H,1-5,12-15,17H2. The van der Waals surface area contributed by atoms with Gasteiger partial charge >= 0.3 is 5.97 Å². The number of rotatable bonds is 6. The van der Waals surface area contributed by atoms with Gasteiger partial charge in [-0.3, -0.25) is 4.79 Å². The van der Waals surface area contributed by atoms with Crippen LogP contribution in [-0.4, -0.2) is 49.6 Å². The van der Waals surface area contributed by atoms with E-state index >= 15 is 0 Å². The average Bonchev–Trinajstić information content (AvgIpc) is 2.83. The summed E-state index contributed by atoms with van der Waals surface area (Å²) in [5, 5.41) is 0. The Morgan fingerprint density at radius 1 is 0.967 bits per heavy atom. The highest BCUT2D eigenvalue weighted by Crippen LogP contribution is 2.32. The number of aromatic nitrogens is 1. The maximum atomic E-state index is 12.4. The molecule has 2 aromatic rings. The molecule has 6 heteroatoms. The van der Waals surface area contributed by atoms with E-state index < -0.39 is 5.97 Å². The first kappa shape index (κ1) is 20.5. The van der Waals surface area contributed by atoms with Crippen molar-refractivity contribution in [1.29, 1.82) is 0 Å². The number of esters is 1. The first-order valence-corrected chi connectivity index (χ1v) is 10.8. The van der Waals surface area contributed by atoms with Gasteiger partial charge in [0.1, 0.15) is 5.82 Å². The van der Waals surface area contributed by atoms with Crippen molar-refractivity contribution in [2.45, 2.75) is 38.0 Å². The van der Waals surface area contributed by atoms with Crippen LogP contribution in [0.4, 0.5) is 5.82 Å². The van der Waals surface area contributed by atoms with E-state index in [4.69, 9.17) is 9.47 Å². The number of ether oxygens (including phenoxy) is 2. The van der Waals surface area contributed by atoms with Gasteiger partial charge in [-0.15, -0.1) is 0 Å². The van der Waals surface area contributed by atoms with Gasteiger partial charge in [0, 0.05) is 24.8 Å². The van der Waals surface area contributed by atoms with Gasteiger partial charge in [0.15, 0.2) is 12.4 Å². The lowest BCUT2D eigenvalue weighted by Gasteiger charge is -2.27. The van der Waals surface area contributed by atoms with E-state index in [-0.39, 0.29) is 12.4 Å². The monoisotopic (exact) mass is 408 g/mol. The summed E-state index contributed by atoms with van der Waals surface area (Å²) >= 11 is 0. The smallest absolute Gasteiger partial charge is 0.340 e. The summed E-state index contributed by atoms with van der Waals surface area (Å²) in [6.45, 7) is 2.65. The van der Waals surface area contributed by atoms with Gasteiger partial charge in [-0.2, -0.15) is 0 Å². The van der Waals surface area contributed by atoms with Crippen molar-refractivity contribution < 1.29 is 19.1 Å². The molecule has 2 fully saturated rings. The van der Waals surface area contributed by atoms with Gasteiger partial charge in [0.25, 0.3) is 0 Å². The first-order valence-electron chi connectivity index (χ1n) is 10.8. The van der Waals surface area contributed by atoms with E-state index in [0.717, 1.165) is 18.9 Å². The van der Waals surface area contributed by atoms with Crippen LogP contribution in [0.5, 0.6) is 0 Å². The second-order valence-electron chi connectivity index (χ2n) is 7.96. The SMILES string of the molecule is O=C(COC(=O)c1ccc(N2CCOCC2)nc1)c1ccc(C2CCCCC2)cc1. The molecule has 2 heterocycles. The Bertz CT molecular complexity index is 778. The van der Waals surface area contributed by atoms with Crippen molar-refractivity contribution in [1.82, 2.24) is 4.98 Å². The van der Waals surface area contributed by atoms with Crippen LogP contribution >= 0.6 is 0 Å². The van der Waals surface area contributed by atoms with Crippen LogP contribution < -0.4 is 4.90 Å². The van der Waals surface area contributed by atoms with Gasteiger partial charge in [-0.05, 0) is 36.5 Å². The maximum absolute atomic E-state index is 12.4. The number of Topliss-reactive ketones (excluding diaryl/α,β-unsaturated/α-hetero) is 1. The Morgan fingerprint density at radius 3 is 2.33 bits per heavy atom. The van der Waals surface area contributed by atoms with Crippen LogP contribution in [0.2, 0.25) is 0 Å². The zero-order valence-electron chi connectivity index (χ0n) is 17.2. The number of carbonyl (C=O) groups is 2. The van der Waals surface area contributed by atoms with Crippen LogP contribution in [0.1, 0.15) is 64.3 Å². The molecule has 1 aliphatic carbocycles. The normalized spacial score (nSPS) is 17.5. The summed E-state index contributed by atoms with van der Waals surface area (Å²) in [4.78, 5) is 31.2. The molecule has 4 rings (SSSR count). The lowest BCUT2D eigenvalue weighted by Crippen LogP contribution is -2.36. The summed E-state index contributed by atoms with van der Waals surface area (Å²) < 4.78 is 10.5. The van der Waals surface area contributed by atoms with Gasteiger partial charge in [0.05, 0.1) is 18.8 Å². The molecule has 158 valence electrons. The van der Waals surface area contributed by atoms with Crippen LogP contribution in [0.15, 0.2) is 42.6 Å². The molecular weight excluding hydrogens is 380 g/mol. The first-order chi connectivity index (χ1) is 14.7. The number of pyridine rings is 1. The Morgan fingerprint density at radius 2 is 1.67 bits per heavy atom. The van der Waals surface area contributed by atoms with Crippen molar-refractivity contribution in [3.05, 3.63) is 59.3 Å². The molecule has 1 aromatic heterocycles. The Kier molecular flexibility index (Phi) is 6.74. The highest BCUT2D eigenvalue weighted by atomic mass is 16.5. The number of nitrogens with zero attached hydrogens (tertiary/aromatic N) is 2. The van der Waals surface area contributed by atoms with E-state index in [1.165, 1.54) is 43.9 Å². The minimum atomic E-state index is -0.539. The molecule has 0 bridgehead atoms. The molecule has 0 atom stereocenters. The number of benzene rings is 1. The van der Waals surface area contributed by atoms with Crippen molar-refractivity contribution in [2.75, 3.05) is 37.8 Å². The molecule has 1 aliphatic heterocycles. The second-order valence-corrected chi connectivity index (χ2v) is 7.96. The molecule has 0 unspecified atom stereocenters. The Balaban J connectivity index is 1.29. The van der Waals surface area contributed by atoms with Crippen molar-refractivity contribution in [3.8, 4) is 0 Å². The molecule has 0 radical (unpaired) electrons. The molecule has 30 heavy (non-hydrogen) atoms. The fourth-order valence-electron chi connectivity index (χ4n) is 4.16. The number of hydrogen-bond donors (Lipinski definition) is 0. The summed E-state index contributed by atoms with van der Waals surface area (Å²) in [5.74, 6) is 0.678. The lowest BCUT2D eigenvalue weighted by atomic mass is 9.84. The van der Waals surface area contributed by atoms with Gasteiger partial charge in [-0.25, -0.2) is 9.78 Å². The van der Waals surface area contributed by atoms with E-state index in [1.807, 2.05) is 24.3 Å². The molecule has 2 aliphatic rings. The third kappa shape index (κ3) is 5.05. The third-order valence-corrected chi connectivity index (χ3v) is 5.96. The average molecular weight is 408 g/mol. The zero-order valence-corrected chi connectivity index (χ0v) is 17.2. The second kappa shape index (κ2) is 9.85. The zero-order chi connectivity index (χ0) is 20.8. The highest BCUT2D eigenvalue weighted by Gasteiger charge is 2.17. The number of morpholine rings is 1. The molecule has 1 saturated carbocycles. The predicted molar refractivity (Wildman–Crippen MR) is 114 cm³/mol. The maximum Gasteiger partial charge on any atom is 0.340 e. The van der Waals surface area contributed by atoms with Gasteiger partial charge in [-0.1, -0.05) is 43.5 Å². The van der Waals surface area contributed by atoms with Gasteiger partial charge < -0.3 is 14.4 Å². The van der Waals surface area contributed by atoms with E-state index in [9.17, 15) is 9.59 Å². The minimum Gasteiger partial charge on any atom is -0.454 e. The molecule has 1 saturated heterocycles. The van der Waals surface area contributed by atoms with Crippen molar-refractivity contribution >= 4 is 17.6 Å². The Hall–Kier alpha value is -2.73. The summed E-state index contributed by atoms with van der Waals surface area (Å²) in [5.41, 5.74) is 2.21. The number of ketones is 1. The Labute approximate surface area is 177 Å². The quantitative estimate of drug-likeness (QED) is 0.531. The number of anilines is 1. The van der Waals surface area contributed by atoms with E-state index in [0.29, 0.717) is 30.3 Å². The van der Waals surface area contributed by atoms with Crippen molar-refractivity contribution in [2.24, 2.45) is 0 Å². The summed E-state index contributed by atoms with van der Waals surface area (Å²) in [6, 6.07) is 11.3. The highest BCUT2D eigenvalue weighted by molar-refractivity contribution is 5.99. The van der Waals surface area contributed by atoms with E-state index in [2.05, 4.69) is 9.88 Å². The molecule has 6 nitrogen and oxygen atoms in total. The van der Waals surface area contributed by atoms with E-state index in [1.54, 1.807) is 12.1 Å². The topological polar surface area (TPSA) is 68.7 Å². The molecular formula is C24H28N2O4. The van der Waals surface area contributed by atoms with Crippen LogP contribution in [0, 0.1) is 0 Å². The molecule has 0 N–H and O–H groups in total. The van der Waals surface area contributed by atoms with Gasteiger partial charge in [0.2, 0.25) is 0 Å². The van der Waals surface area contributed by atoms with Crippen LogP contribution in [0.3, 0.4) is 0 Å². The molecule has 1 aromatic carbocycles. The molecule has 0 spiro atoms. The fraction of sp³-hybridized carbons (Fsp3) is 0.458. The number of carbonyl (C=O) groups excluding carboxylic acids is 2. The van der Waals surface area contributed by atoms with Crippen LogP contribution in [-0.2, 0) is 9.47 Å². The molecule has 0 amide bonds. The van der Waals surface area contributed by atoms with Crippen molar-refractivity contribution in [3.63, 3.8) is 0 Å². The summed E-state index contributed by atoms with van der Waals surface area (Å²) in [7, 11) is 0. The lowest BCUT2D eigenvalue weighted by molar-refractivity contribution is 0.0474. The van der Waals surface area contributed by atoms with Crippen LogP contribution in [0.25, 0.3) is 0 Å². The fourth-order valence-corrected chi connectivity index (χ4v) is 4.16. The summed E-state index contributed by atoms with van der Waals surface area (Å²) in [6.07, 6.45) is 7.83. The number of hydrogen-bond acceptors (Lipinski definition) is 6.